The van der Waals surface area contributed by atoms with E-state index in [-0.39, 0.29) is 0 Å². The highest BCUT2D eigenvalue weighted by Gasteiger charge is 2.24. The van der Waals surface area contributed by atoms with Crippen molar-refractivity contribution < 1.29 is 18.8 Å². The maximum absolute atomic E-state index is 11.4. The number of pyridine rings is 1. The Balaban J connectivity index is 1.68. The molecule has 1 aliphatic carbocycles. The van der Waals surface area contributed by atoms with Crippen LogP contribution in [0.15, 0.2) is 22.9 Å². The first-order valence-corrected chi connectivity index (χ1v) is 8.31. The first-order valence-electron chi connectivity index (χ1n) is 8.31. The Kier molecular flexibility index (Phi) is 5.13. The van der Waals surface area contributed by atoms with Gasteiger partial charge in [-0.2, -0.15) is 0 Å². The van der Waals surface area contributed by atoms with E-state index in [0.717, 1.165) is 29.9 Å². The fourth-order valence-corrected chi connectivity index (χ4v) is 3.13. The molecule has 6 nitrogen and oxygen atoms in total. The van der Waals surface area contributed by atoms with Gasteiger partial charge in [0.25, 0.3) is 0 Å². The zero-order valence-electron chi connectivity index (χ0n) is 14.1. The van der Waals surface area contributed by atoms with Crippen LogP contribution in [0, 0.1) is 6.92 Å². The molecule has 0 radical (unpaired) electrons. The van der Waals surface area contributed by atoms with E-state index >= 15 is 0 Å². The molecule has 0 aromatic carbocycles. The van der Waals surface area contributed by atoms with Crippen molar-refractivity contribution >= 4 is 5.97 Å². The molecule has 0 spiro atoms. The lowest BCUT2D eigenvalue weighted by atomic mass is 9.85. The number of nitrogens with zero attached hydrogens (tertiary/aromatic N) is 2. The number of carbonyl (C=O) groups is 1. The number of esters is 1. The van der Waals surface area contributed by atoms with Gasteiger partial charge >= 0.3 is 5.97 Å². The van der Waals surface area contributed by atoms with Crippen molar-refractivity contribution in [2.24, 2.45) is 0 Å². The number of hydrogen-bond donors (Lipinski definition) is 0. The van der Waals surface area contributed by atoms with Crippen LogP contribution in [-0.2, 0) is 11.3 Å². The SMILES string of the molecule is COC(=O)c1ccc(OCc2c(C3CCCCC3)noc2C)nc1. The summed E-state index contributed by atoms with van der Waals surface area (Å²) in [4.78, 5) is 15.6. The monoisotopic (exact) mass is 330 g/mol. The van der Waals surface area contributed by atoms with E-state index < -0.39 is 5.97 Å². The van der Waals surface area contributed by atoms with Gasteiger partial charge < -0.3 is 14.0 Å². The minimum Gasteiger partial charge on any atom is -0.473 e. The Morgan fingerprint density at radius 1 is 1.29 bits per heavy atom. The largest absolute Gasteiger partial charge is 0.473 e. The number of methoxy groups -OCH3 is 1. The van der Waals surface area contributed by atoms with Crippen LogP contribution in [0.3, 0.4) is 0 Å². The van der Waals surface area contributed by atoms with Crippen molar-refractivity contribution in [2.75, 3.05) is 7.11 Å². The Morgan fingerprint density at radius 3 is 2.75 bits per heavy atom. The van der Waals surface area contributed by atoms with Crippen LogP contribution in [0.4, 0.5) is 0 Å². The average Bonchev–Trinajstić information content (AvgIpc) is 3.01. The minimum atomic E-state index is -0.413. The third kappa shape index (κ3) is 3.58. The summed E-state index contributed by atoms with van der Waals surface area (Å²) in [6.45, 7) is 2.28. The summed E-state index contributed by atoms with van der Waals surface area (Å²) in [5, 5.41) is 4.26. The highest BCUT2D eigenvalue weighted by atomic mass is 16.5. The van der Waals surface area contributed by atoms with E-state index in [1.807, 2.05) is 6.92 Å². The average molecular weight is 330 g/mol. The maximum Gasteiger partial charge on any atom is 0.339 e. The smallest absolute Gasteiger partial charge is 0.339 e. The second-order valence-electron chi connectivity index (χ2n) is 6.10. The zero-order chi connectivity index (χ0) is 16.9. The summed E-state index contributed by atoms with van der Waals surface area (Å²) >= 11 is 0. The Morgan fingerprint density at radius 2 is 2.08 bits per heavy atom. The molecule has 0 amide bonds. The topological polar surface area (TPSA) is 74.5 Å². The molecular formula is C18H22N2O4. The summed E-state index contributed by atoms with van der Waals surface area (Å²) in [6, 6.07) is 3.30. The number of carbonyl (C=O) groups excluding carboxylic acids is 1. The van der Waals surface area contributed by atoms with Gasteiger partial charge in [-0.15, -0.1) is 0 Å². The Hall–Kier alpha value is -2.37. The predicted molar refractivity (Wildman–Crippen MR) is 87.0 cm³/mol. The first-order chi connectivity index (χ1) is 11.7. The lowest BCUT2D eigenvalue weighted by Crippen LogP contribution is -2.09. The van der Waals surface area contributed by atoms with E-state index in [9.17, 15) is 4.79 Å². The molecule has 0 N–H and O–H groups in total. The van der Waals surface area contributed by atoms with Gasteiger partial charge in [-0.1, -0.05) is 24.4 Å². The van der Waals surface area contributed by atoms with Gasteiger partial charge in [0, 0.05) is 18.2 Å². The van der Waals surface area contributed by atoms with E-state index in [2.05, 4.69) is 14.9 Å². The highest BCUT2D eigenvalue weighted by Crippen LogP contribution is 2.35. The second kappa shape index (κ2) is 7.47. The van der Waals surface area contributed by atoms with Crippen LogP contribution >= 0.6 is 0 Å². The van der Waals surface area contributed by atoms with E-state index in [4.69, 9.17) is 9.26 Å². The molecule has 0 aliphatic heterocycles. The van der Waals surface area contributed by atoms with Gasteiger partial charge in [-0.3, -0.25) is 0 Å². The first kappa shape index (κ1) is 16.5. The number of aromatic nitrogens is 2. The molecule has 6 heteroatoms. The summed E-state index contributed by atoms with van der Waals surface area (Å²) < 4.78 is 15.8. The van der Waals surface area contributed by atoms with Crippen LogP contribution in [0.2, 0.25) is 0 Å². The van der Waals surface area contributed by atoms with Crippen molar-refractivity contribution in [1.29, 1.82) is 0 Å². The van der Waals surface area contributed by atoms with Gasteiger partial charge in [0.2, 0.25) is 5.88 Å². The van der Waals surface area contributed by atoms with Crippen LogP contribution < -0.4 is 4.74 Å². The normalized spacial score (nSPS) is 15.2. The maximum atomic E-state index is 11.4. The second-order valence-corrected chi connectivity index (χ2v) is 6.10. The van der Waals surface area contributed by atoms with Crippen molar-refractivity contribution in [1.82, 2.24) is 10.1 Å². The third-order valence-electron chi connectivity index (χ3n) is 4.53. The minimum absolute atomic E-state index is 0.367. The molecule has 2 heterocycles. The third-order valence-corrected chi connectivity index (χ3v) is 4.53. The lowest BCUT2D eigenvalue weighted by molar-refractivity contribution is 0.0600. The van der Waals surface area contributed by atoms with Crippen LogP contribution in [0.5, 0.6) is 5.88 Å². The standard InChI is InChI=1S/C18H22N2O4/c1-12-15(17(20-24-12)13-6-4-3-5-7-13)11-23-16-9-8-14(10-19-16)18(21)22-2/h8-10,13H,3-7,11H2,1-2H3. The molecule has 1 saturated carbocycles. The highest BCUT2D eigenvalue weighted by molar-refractivity contribution is 5.88. The molecule has 0 saturated heterocycles. The van der Waals surface area contributed by atoms with Crippen molar-refractivity contribution in [3.63, 3.8) is 0 Å². The molecule has 24 heavy (non-hydrogen) atoms. The van der Waals surface area contributed by atoms with E-state index in [1.54, 1.807) is 12.1 Å². The predicted octanol–water partition coefficient (Wildman–Crippen LogP) is 3.79. The van der Waals surface area contributed by atoms with Crippen molar-refractivity contribution in [2.45, 2.75) is 51.6 Å². The molecule has 1 fully saturated rings. The summed E-state index contributed by atoms with van der Waals surface area (Å²) in [7, 11) is 1.34. The number of ether oxygens (including phenoxy) is 2. The quantitative estimate of drug-likeness (QED) is 0.777. The molecule has 0 unspecified atom stereocenters. The van der Waals surface area contributed by atoms with Crippen molar-refractivity contribution in [3.8, 4) is 5.88 Å². The lowest BCUT2D eigenvalue weighted by Gasteiger charge is -2.20. The van der Waals surface area contributed by atoms with Crippen LogP contribution in [0.25, 0.3) is 0 Å². The zero-order valence-corrected chi connectivity index (χ0v) is 14.1. The molecule has 2 aromatic heterocycles. The van der Waals surface area contributed by atoms with Crippen LogP contribution in [0.1, 0.15) is 65.4 Å². The van der Waals surface area contributed by atoms with Gasteiger partial charge in [0.05, 0.1) is 23.9 Å². The van der Waals surface area contributed by atoms with Gasteiger partial charge in [-0.05, 0) is 25.8 Å². The molecular weight excluding hydrogens is 308 g/mol. The number of hydrogen-bond acceptors (Lipinski definition) is 6. The fourth-order valence-electron chi connectivity index (χ4n) is 3.13. The molecule has 0 atom stereocenters. The Bertz CT molecular complexity index is 688. The Labute approximate surface area is 141 Å². The van der Waals surface area contributed by atoms with Gasteiger partial charge in [0.15, 0.2) is 0 Å². The van der Waals surface area contributed by atoms with Crippen molar-refractivity contribution in [3.05, 3.63) is 40.9 Å². The van der Waals surface area contributed by atoms with E-state index in [0.29, 0.717) is 24.0 Å². The summed E-state index contributed by atoms with van der Waals surface area (Å²) in [5.74, 6) is 1.30. The molecule has 3 rings (SSSR count). The van der Waals surface area contributed by atoms with Crippen LogP contribution in [-0.4, -0.2) is 23.2 Å². The molecule has 128 valence electrons. The fraction of sp³-hybridized carbons (Fsp3) is 0.500. The summed E-state index contributed by atoms with van der Waals surface area (Å²) in [6.07, 6.45) is 7.55. The van der Waals surface area contributed by atoms with Gasteiger partial charge in [0.1, 0.15) is 12.4 Å². The number of aryl methyl sites for hydroxylation is 1. The van der Waals surface area contributed by atoms with E-state index in [1.165, 1.54) is 32.6 Å². The molecule has 2 aromatic rings. The number of rotatable bonds is 5. The molecule has 1 aliphatic rings. The van der Waals surface area contributed by atoms with Gasteiger partial charge in [-0.25, -0.2) is 9.78 Å². The molecule has 0 bridgehead atoms. The summed E-state index contributed by atoms with van der Waals surface area (Å²) in [5.41, 5.74) is 2.44.